The molecular formula is C15H27IN4O2S3. The van der Waals surface area contributed by atoms with Crippen LogP contribution in [0.2, 0.25) is 0 Å². The van der Waals surface area contributed by atoms with E-state index in [1.165, 1.54) is 11.3 Å². The van der Waals surface area contributed by atoms with E-state index in [0.717, 1.165) is 36.1 Å². The Labute approximate surface area is 176 Å². The van der Waals surface area contributed by atoms with E-state index >= 15 is 0 Å². The molecule has 0 aliphatic carbocycles. The third kappa shape index (κ3) is 6.89. The second-order valence-corrected chi connectivity index (χ2v) is 10.3. The SMILES string of the molecule is CCC1CN(C(=NC)NCCNS(=O)(=O)c2ccc(C)s2)CCS1.I. The summed E-state index contributed by atoms with van der Waals surface area (Å²) in [6.45, 7) is 6.91. The molecular weight excluding hydrogens is 491 g/mol. The number of halogens is 1. The lowest BCUT2D eigenvalue weighted by atomic mass is 10.3. The average molecular weight is 519 g/mol. The van der Waals surface area contributed by atoms with Crippen molar-refractivity contribution in [2.24, 2.45) is 4.99 Å². The lowest BCUT2D eigenvalue weighted by molar-refractivity contribution is 0.408. The summed E-state index contributed by atoms with van der Waals surface area (Å²) in [6.07, 6.45) is 1.15. The van der Waals surface area contributed by atoms with Crippen molar-refractivity contribution in [3.8, 4) is 0 Å². The molecule has 1 unspecified atom stereocenters. The highest BCUT2D eigenvalue weighted by molar-refractivity contribution is 14.0. The van der Waals surface area contributed by atoms with E-state index < -0.39 is 10.0 Å². The second-order valence-electron chi connectivity index (χ2n) is 5.58. The lowest BCUT2D eigenvalue weighted by Crippen LogP contribution is -2.49. The van der Waals surface area contributed by atoms with Crippen LogP contribution in [0.3, 0.4) is 0 Å². The van der Waals surface area contributed by atoms with Gasteiger partial charge in [-0.25, -0.2) is 13.1 Å². The van der Waals surface area contributed by atoms with Crippen LogP contribution in [0.25, 0.3) is 0 Å². The van der Waals surface area contributed by atoms with Gasteiger partial charge in [0.15, 0.2) is 5.96 Å². The number of guanidine groups is 1. The molecule has 25 heavy (non-hydrogen) atoms. The van der Waals surface area contributed by atoms with Gasteiger partial charge in [0, 0.05) is 49.1 Å². The monoisotopic (exact) mass is 518 g/mol. The molecule has 1 saturated heterocycles. The molecule has 2 rings (SSSR count). The Bertz CT molecular complexity index is 663. The van der Waals surface area contributed by atoms with Crippen LogP contribution in [-0.2, 0) is 10.0 Å². The predicted octanol–water partition coefficient (Wildman–Crippen LogP) is 2.36. The molecule has 144 valence electrons. The van der Waals surface area contributed by atoms with Crippen LogP contribution < -0.4 is 10.0 Å². The van der Waals surface area contributed by atoms with E-state index in [4.69, 9.17) is 0 Å². The number of aryl methyl sites for hydroxylation is 1. The summed E-state index contributed by atoms with van der Waals surface area (Å²) in [4.78, 5) is 7.56. The summed E-state index contributed by atoms with van der Waals surface area (Å²) in [5.41, 5.74) is 0. The maximum atomic E-state index is 12.2. The highest BCUT2D eigenvalue weighted by Crippen LogP contribution is 2.21. The number of nitrogens with one attached hydrogen (secondary N) is 2. The molecule has 1 aromatic rings. The van der Waals surface area contributed by atoms with Gasteiger partial charge in [0.2, 0.25) is 10.0 Å². The predicted molar refractivity (Wildman–Crippen MR) is 119 cm³/mol. The van der Waals surface area contributed by atoms with E-state index in [-0.39, 0.29) is 24.0 Å². The first-order chi connectivity index (χ1) is 11.5. The van der Waals surface area contributed by atoms with Crippen molar-refractivity contribution in [2.75, 3.05) is 39.0 Å². The Balaban J connectivity index is 0.00000312. The topological polar surface area (TPSA) is 73.8 Å². The number of rotatable bonds is 6. The lowest BCUT2D eigenvalue weighted by Gasteiger charge is -2.34. The zero-order chi connectivity index (χ0) is 17.6. The smallest absolute Gasteiger partial charge is 0.250 e. The summed E-state index contributed by atoms with van der Waals surface area (Å²) >= 11 is 3.30. The zero-order valence-electron chi connectivity index (χ0n) is 14.8. The number of sulfonamides is 1. The Morgan fingerprint density at radius 2 is 2.16 bits per heavy atom. The van der Waals surface area contributed by atoms with E-state index in [2.05, 4.69) is 26.9 Å². The van der Waals surface area contributed by atoms with Gasteiger partial charge in [-0.1, -0.05) is 6.92 Å². The van der Waals surface area contributed by atoms with Crippen molar-refractivity contribution in [3.63, 3.8) is 0 Å². The van der Waals surface area contributed by atoms with E-state index in [0.29, 0.717) is 22.5 Å². The largest absolute Gasteiger partial charge is 0.355 e. The fourth-order valence-corrected chi connectivity index (χ4v) is 6.02. The highest BCUT2D eigenvalue weighted by Gasteiger charge is 2.21. The fourth-order valence-electron chi connectivity index (χ4n) is 2.48. The Morgan fingerprint density at radius 1 is 1.40 bits per heavy atom. The van der Waals surface area contributed by atoms with Crippen molar-refractivity contribution in [3.05, 3.63) is 17.0 Å². The molecule has 1 aromatic heterocycles. The number of hydrogen-bond acceptors (Lipinski definition) is 5. The minimum absolute atomic E-state index is 0. The Morgan fingerprint density at radius 3 is 2.76 bits per heavy atom. The minimum atomic E-state index is -3.41. The van der Waals surface area contributed by atoms with E-state index in [9.17, 15) is 8.42 Å². The molecule has 0 amide bonds. The summed E-state index contributed by atoms with van der Waals surface area (Å²) in [5.74, 6) is 1.95. The van der Waals surface area contributed by atoms with Crippen LogP contribution in [0.15, 0.2) is 21.3 Å². The first kappa shape index (κ1) is 23.0. The second kappa shape index (κ2) is 11.0. The summed E-state index contributed by atoms with van der Waals surface area (Å²) in [5, 5.41) is 3.89. The van der Waals surface area contributed by atoms with Gasteiger partial charge in [0.05, 0.1) is 0 Å². The van der Waals surface area contributed by atoms with Crippen molar-refractivity contribution in [1.29, 1.82) is 0 Å². The van der Waals surface area contributed by atoms with Crippen LogP contribution in [0, 0.1) is 6.92 Å². The maximum Gasteiger partial charge on any atom is 0.250 e. The Hall–Kier alpha value is -0.0400. The van der Waals surface area contributed by atoms with Crippen LogP contribution in [0.5, 0.6) is 0 Å². The van der Waals surface area contributed by atoms with Crippen LogP contribution in [0.4, 0.5) is 0 Å². The fraction of sp³-hybridized carbons (Fsp3) is 0.667. The van der Waals surface area contributed by atoms with Gasteiger partial charge in [-0.2, -0.15) is 11.8 Å². The summed E-state index contributed by atoms with van der Waals surface area (Å²) in [6, 6.07) is 3.46. The van der Waals surface area contributed by atoms with Crippen molar-refractivity contribution in [2.45, 2.75) is 29.7 Å². The molecule has 0 radical (unpaired) electrons. The van der Waals surface area contributed by atoms with Gasteiger partial charge in [-0.15, -0.1) is 35.3 Å². The number of aliphatic imine (C=N–C) groups is 1. The van der Waals surface area contributed by atoms with Crippen LogP contribution >= 0.6 is 47.1 Å². The molecule has 1 aliphatic rings. The van der Waals surface area contributed by atoms with Crippen molar-refractivity contribution >= 4 is 63.1 Å². The molecule has 1 atom stereocenters. The third-order valence-corrected chi connectivity index (χ3v) is 8.11. The normalized spacial score (nSPS) is 18.8. The minimum Gasteiger partial charge on any atom is -0.355 e. The van der Waals surface area contributed by atoms with Gasteiger partial charge in [-0.05, 0) is 25.5 Å². The van der Waals surface area contributed by atoms with Gasteiger partial charge in [0.25, 0.3) is 0 Å². The van der Waals surface area contributed by atoms with Crippen LogP contribution in [0.1, 0.15) is 18.2 Å². The number of thiophene rings is 1. The molecule has 2 heterocycles. The molecule has 1 fully saturated rings. The molecule has 1 aliphatic heterocycles. The number of hydrogen-bond donors (Lipinski definition) is 2. The molecule has 0 bridgehead atoms. The molecule has 10 heteroatoms. The van der Waals surface area contributed by atoms with E-state index in [1.54, 1.807) is 13.1 Å². The molecule has 2 N–H and O–H groups in total. The van der Waals surface area contributed by atoms with Gasteiger partial charge >= 0.3 is 0 Å². The average Bonchev–Trinajstić information content (AvgIpc) is 3.02. The molecule has 6 nitrogen and oxygen atoms in total. The standard InChI is InChI=1S/C15H26N4O2S3.HI/c1-4-13-11-19(9-10-22-13)15(16-3)17-7-8-18-24(20,21)14-6-5-12(2)23-14;/h5-6,13,18H,4,7-11H2,1-3H3,(H,16,17);1H. The molecule has 0 aromatic carbocycles. The zero-order valence-corrected chi connectivity index (χ0v) is 19.6. The first-order valence-corrected chi connectivity index (χ1v) is 11.4. The quantitative estimate of drug-likeness (QED) is 0.262. The third-order valence-electron chi connectivity index (χ3n) is 3.79. The van der Waals surface area contributed by atoms with Gasteiger partial charge in [0.1, 0.15) is 4.21 Å². The Kier molecular flexibility index (Phi) is 10.1. The number of nitrogens with zero attached hydrogens (tertiary/aromatic N) is 2. The van der Waals surface area contributed by atoms with E-state index in [1.807, 2.05) is 24.8 Å². The number of thioether (sulfide) groups is 1. The highest BCUT2D eigenvalue weighted by atomic mass is 127. The van der Waals surface area contributed by atoms with Gasteiger partial charge < -0.3 is 10.2 Å². The van der Waals surface area contributed by atoms with Crippen molar-refractivity contribution in [1.82, 2.24) is 14.9 Å². The van der Waals surface area contributed by atoms with Crippen LogP contribution in [-0.4, -0.2) is 63.5 Å². The molecule has 0 spiro atoms. The van der Waals surface area contributed by atoms with Crippen molar-refractivity contribution < 1.29 is 8.42 Å². The van der Waals surface area contributed by atoms with Gasteiger partial charge in [-0.3, -0.25) is 4.99 Å². The summed E-state index contributed by atoms with van der Waals surface area (Å²) < 4.78 is 27.3. The first-order valence-electron chi connectivity index (χ1n) is 8.09. The molecule has 0 saturated carbocycles. The maximum absolute atomic E-state index is 12.2. The summed E-state index contributed by atoms with van der Waals surface area (Å²) in [7, 11) is -1.64.